The van der Waals surface area contributed by atoms with Crippen molar-refractivity contribution in [2.45, 2.75) is 137 Å². The van der Waals surface area contributed by atoms with Gasteiger partial charge in [0.15, 0.2) is 0 Å². The molecule has 0 atom stereocenters. The molecule has 0 aromatic rings. The van der Waals surface area contributed by atoms with Crippen LogP contribution in [0.2, 0.25) is 0 Å². The topological polar surface area (TPSA) is 32.3 Å². The highest BCUT2D eigenvalue weighted by Gasteiger charge is 2.15. The van der Waals surface area contributed by atoms with E-state index < -0.39 is 0 Å². The first-order valence-electron chi connectivity index (χ1n) is 11.7. The molecule has 160 valence electrons. The quantitative estimate of drug-likeness (QED) is 0.155. The normalized spacial score (nSPS) is 12.0. The van der Waals surface area contributed by atoms with E-state index in [0.717, 1.165) is 12.8 Å². The molecule has 1 N–H and O–H groups in total. The molecule has 3 heteroatoms. The number of hydrazine groups is 1. The van der Waals surface area contributed by atoms with Crippen molar-refractivity contribution in [2.75, 3.05) is 0 Å². The average molecular weight is 381 g/mol. The minimum atomic E-state index is 0.162. The molecule has 0 saturated heterocycles. The Labute approximate surface area is 170 Å². The summed E-state index contributed by atoms with van der Waals surface area (Å²) in [7, 11) is 0. The van der Waals surface area contributed by atoms with E-state index in [-0.39, 0.29) is 5.91 Å². The molecular weight excluding hydrogens is 332 g/mol. The van der Waals surface area contributed by atoms with Crippen molar-refractivity contribution in [1.82, 2.24) is 10.4 Å². The third kappa shape index (κ3) is 17.0. The monoisotopic (exact) mass is 380 g/mol. The fraction of sp³-hybridized carbons (Fsp3) is 0.875. The van der Waals surface area contributed by atoms with Gasteiger partial charge >= 0.3 is 0 Å². The summed E-state index contributed by atoms with van der Waals surface area (Å²) in [6.45, 7) is 10.7. The molecule has 0 bridgehead atoms. The number of rotatable bonds is 18. The summed E-state index contributed by atoms with van der Waals surface area (Å²) in [4.78, 5) is 12.0. The third-order valence-corrected chi connectivity index (χ3v) is 5.03. The minimum Gasteiger partial charge on any atom is -0.288 e. The van der Waals surface area contributed by atoms with Crippen molar-refractivity contribution in [2.24, 2.45) is 0 Å². The lowest BCUT2D eigenvalue weighted by molar-refractivity contribution is -0.128. The zero-order valence-corrected chi connectivity index (χ0v) is 19.1. The van der Waals surface area contributed by atoms with Gasteiger partial charge in [-0.2, -0.15) is 0 Å². The SMILES string of the molecule is CCCCCCCCC=CCCCCCCCC(=O)NN(C(C)C)C(C)C. The number of carbonyl (C=O) groups is 1. The van der Waals surface area contributed by atoms with Crippen LogP contribution in [0.4, 0.5) is 0 Å². The van der Waals surface area contributed by atoms with E-state index in [1.54, 1.807) is 0 Å². The Morgan fingerprint density at radius 3 is 1.67 bits per heavy atom. The summed E-state index contributed by atoms with van der Waals surface area (Å²) < 4.78 is 0. The van der Waals surface area contributed by atoms with Crippen LogP contribution in [0.25, 0.3) is 0 Å². The molecule has 0 radical (unpaired) electrons. The smallest absolute Gasteiger partial charge is 0.234 e. The Morgan fingerprint density at radius 1 is 0.741 bits per heavy atom. The van der Waals surface area contributed by atoms with Crippen molar-refractivity contribution in [1.29, 1.82) is 0 Å². The summed E-state index contributed by atoms with van der Waals surface area (Å²) in [5.41, 5.74) is 3.05. The Kier molecular flexibility index (Phi) is 18.0. The molecule has 0 aliphatic heterocycles. The van der Waals surface area contributed by atoms with Gasteiger partial charge in [-0.05, 0) is 59.8 Å². The van der Waals surface area contributed by atoms with Gasteiger partial charge < -0.3 is 0 Å². The molecule has 0 saturated carbocycles. The maximum absolute atomic E-state index is 12.0. The molecule has 0 rings (SSSR count). The fourth-order valence-electron chi connectivity index (χ4n) is 3.41. The van der Waals surface area contributed by atoms with Gasteiger partial charge in [-0.25, -0.2) is 5.01 Å². The average Bonchev–Trinajstić information content (AvgIpc) is 2.62. The molecule has 27 heavy (non-hydrogen) atoms. The van der Waals surface area contributed by atoms with E-state index in [1.165, 1.54) is 70.6 Å². The molecule has 0 aliphatic carbocycles. The molecular formula is C24H48N2O. The van der Waals surface area contributed by atoms with Crippen LogP contribution in [0, 0.1) is 0 Å². The van der Waals surface area contributed by atoms with E-state index in [1.807, 2.05) is 5.01 Å². The van der Waals surface area contributed by atoms with Gasteiger partial charge in [0.2, 0.25) is 5.91 Å². The van der Waals surface area contributed by atoms with Gasteiger partial charge in [0.1, 0.15) is 0 Å². The maximum atomic E-state index is 12.0. The van der Waals surface area contributed by atoms with E-state index in [4.69, 9.17) is 0 Å². The predicted octanol–water partition coefficient (Wildman–Crippen LogP) is 7.17. The van der Waals surface area contributed by atoms with Gasteiger partial charge in [-0.3, -0.25) is 10.2 Å². The molecule has 0 spiro atoms. The van der Waals surface area contributed by atoms with Crippen LogP contribution in [-0.2, 0) is 4.79 Å². The van der Waals surface area contributed by atoms with Gasteiger partial charge in [0.25, 0.3) is 0 Å². The zero-order valence-electron chi connectivity index (χ0n) is 19.1. The molecule has 3 nitrogen and oxygen atoms in total. The van der Waals surface area contributed by atoms with Crippen molar-refractivity contribution in [3.8, 4) is 0 Å². The summed E-state index contributed by atoms with van der Waals surface area (Å²) in [6.07, 6.45) is 22.1. The second-order valence-electron chi connectivity index (χ2n) is 8.46. The Balaban J connectivity index is 3.44. The van der Waals surface area contributed by atoms with E-state index >= 15 is 0 Å². The van der Waals surface area contributed by atoms with Crippen LogP contribution in [0.15, 0.2) is 12.2 Å². The Bertz CT molecular complexity index is 355. The summed E-state index contributed by atoms with van der Waals surface area (Å²) in [6, 6.07) is 0.672. The molecule has 0 aromatic carbocycles. The van der Waals surface area contributed by atoms with Gasteiger partial charge in [-0.15, -0.1) is 0 Å². The standard InChI is InChI=1S/C24H48N2O/c1-6-7-8-9-10-11-12-13-14-15-16-17-18-19-20-21-24(27)25-26(22(2)3)23(4)5/h13-14,22-23H,6-12,15-21H2,1-5H3,(H,25,27). The molecule has 0 unspecified atom stereocenters. The summed E-state index contributed by atoms with van der Waals surface area (Å²) >= 11 is 0. The van der Waals surface area contributed by atoms with Crippen LogP contribution < -0.4 is 5.43 Å². The maximum Gasteiger partial charge on any atom is 0.234 e. The van der Waals surface area contributed by atoms with E-state index in [0.29, 0.717) is 18.5 Å². The molecule has 0 aliphatic rings. The molecule has 0 fully saturated rings. The lowest BCUT2D eigenvalue weighted by atomic mass is 10.1. The Hall–Kier alpha value is -0.830. The Morgan fingerprint density at radius 2 is 1.19 bits per heavy atom. The first-order chi connectivity index (χ1) is 13.0. The van der Waals surface area contributed by atoms with Crippen LogP contribution in [0.5, 0.6) is 0 Å². The zero-order chi connectivity index (χ0) is 20.3. The highest BCUT2D eigenvalue weighted by Crippen LogP contribution is 2.10. The number of nitrogens with zero attached hydrogens (tertiary/aromatic N) is 1. The fourth-order valence-corrected chi connectivity index (χ4v) is 3.41. The number of hydrogen-bond acceptors (Lipinski definition) is 2. The highest BCUT2D eigenvalue weighted by molar-refractivity contribution is 5.75. The lowest BCUT2D eigenvalue weighted by Crippen LogP contribution is -2.50. The van der Waals surface area contributed by atoms with Crippen molar-refractivity contribution in [3.63, 3.8) is 0 Å². The second-order valence-corrected chi connectivity index (χ2v) is 8.46. The number of carbonyl (C=O) groups excluding carboxylic acids is 1. The number of unbranched alkanes of at least 4 members (excludes halogenated alkanes) is 11. The van der Waals surface area contributed by atoms with Crippen LogP contribution in [0.1, 0.15) is 125 Å². The first-order valence-corrected chi connectivity index (χ1v) is 11.7. The number of nitrogens with one attached hydrogen (secondary N) is 1. The van der Waals surface area contributed by atoms with Crippen LogP contribution in [0.3, 0.4) is 0 Å². The first kappa shape index (κ1) is 26.2. The summed E-state index contributed by atoms with van der Waals surface area (Å²) in [5.74, 6) is 0.162. The predicted molar refractivity (Wildman–Crippen MR) is 120 cm³/mol. The highest BCUT2D eigenvalue weighted by atomic mass is 16.2. The van der Waals surface area contributed by atoms with Crippen molar-refractivity contribution in [3.05, 3.63) is 12.2 Å². The molecule has 0 heterocycles. The van der Waals surface area contributed by atoms with Crippen molar-refractivity contribution < 1.29 is 4.79 Å². The molecule has 0 aromatic heterocycles. The molecule has 1 amide bonds. The second kappa shape index (κ2) is 18.5. The van der Waals surface area contributed by atoms with Crippen molar-refractivity contribution >= 4 is 5.91 Å². The van der Waals surface area contributed by atoms with E-state index in [2.05, 4.69) is 52.2 Å². The summed E-state index contributed by atoms with van der Waals surface area (Å²) in [5, 5.41) is 2.04. The van der Waals surface area contributed by atoms with E-state index in [9.17, 15) is 4.79 Å². The third-order valence-electron chi connectivity index (χ3n) is 5.03. The minimum absolute atomic E-state index is 0.162. The largest absolute Gasteiger partial charge is 0.288 e. The van der Waals surface area contributed by atoms with Crippen LogP contribution >= 0.6 is 0 Å². The van der Waals surface area contributed by atoms with Gasteiger partial charge in [0.05, 0.1) is 0 Å². The number of hydrogen-bond donors (Lipinski definition) is 1. The number of amides is 1. The lowest BCUT2D eigenvalue weighted by Gasteiger charge is -2.30. The van der Waals surface area contributed by atoms with Crippen LogP contribution in [-0.4, -0.2) is 23.0 Å². The number of allylic oxidation sites excluding steroid dienone is 2. The van der Waals surface area contributed by atoms with Gasteiger partial charge in [0, 0.05) is 18.5 Å². The van der Waals surface area contributed by atoms with Gasteiger partial charge in [-0.1, -0.05) is 70.4 Å².